The molecule has 2 rings (SSSR count). The minimum absolute atomic E-state index is 0.267. The SMILES string of the molecule is CC(C(=O)C(F)(F)F)c1nc(N2CCCCCC2)no1. The van der Waals surface area contributed by atoms with Gasteiger partial charge in [-0.05, 0) is 24.9 Å². The highest BCUT2D eigenvalue weighted by atomic mass is 19.4. The van der Waals surface area contributed by atoms with Crippen LogP contribution in [0.2, 0.25) is 0 Å². The molecule has 8 heteroatoms. The topological polar surface area (TPSA) is 59.2 Å². The molecule has 1 aromatic rings. The summed E-state index contributed by atoms with van der Waals surface area (Å²) in [5.41, 5.74) is 0. The molecule has 0 bridgehead atoms. The molecule has 0 saturated carbocycles. The number of hydrogen-bond donors (Lipinski definition) is 0. The first-order valence-electron chi connectivity index (χ1n) is 6.59. The minimum atomic E-state index is -4.89. The van der Waals surface area contributed by atoms with E-state index in [1.165, 1.54) is 0 Å². The van der Waals surface area contributed by atoms with Crippen LogP contribution in [-0.4, -0.2) is 35.2 Å². The van der Waals surface area contributed by atoms with Crippen molar-refractivity contribution in [3.05, 3.63) is 5.89 Å². The summed E-state index contributed by atoms with van der Waals surface area (Å²) in [6.45, 7) is 2.62. The van der Waals surface area contributed by atoms with Crippen molar-refractivity contribution in [2.24, 2.45) is 0 Å². The maximum absolute atomic E-state index is 12.4. The first kappa shape index (κ1) is 14.8. The van der Waals surface area contributed by atoms with Crippen LogP contribution < -0.4 is 4.90 Å². The highest BCUT2D eigenvalue weighted by molar-refractivity contribution is 5.89. The zero-order valence-electron chi connectivity index (χ0n) is 11.1. The number of rotatable bonds is 3. The van der Waals surface area contributed by atoms with Crippen LogP contribution in [0.15, 0.2) is 4.52 Å². The molecular formula is C12H16F3N3O2. The lowest BCUT2D eigenvalue weighted by molar-refractivity contribution is -0.172. The second-order valence-corrected chi connectivity index (χ2v) is 4.92. The summed E-state index contributed by atoms with van der Waals surface area (Å²) in [7, 11) is 0. The van der Waals surface area contributed by atoms with E-state index in [0.29, 0.717) is 0 Å². The van der Waals surface area contributed by atoms with E-state index in [1.807, 2.05) is 4.90 Å². The van der Waals surface area contributed by atoms with Crippen molar-refractivity contribution < 1.29 is 22.5 Å². The van der Waals surface area contributed by atoms with Crippen LogP contribution in [0, 0.1) is 0 Å². The van der Waals surface area contributed by atoms with Crippen LogP contribution in [0.4, 0.5) is 19.1 Å². The number of Topliss-reactive ketones (excluding diaryl/α,β-unsaturated/α-hetero) is 1. The van der Waals surface area contributed by atoms with Crippen LogP contribution in [0.3, 0.4) is 0 Å². The second-order valence-electron chi connectivity index (χ2n) is 4.92. The van der Waals surface area contributed by atoms with E-state index in [9.17, 15) is 18.0 Å². The third-order valence-electron chi connectivity index (χ3n) is 3.36. The van der Waals surface area contributed by atoms with Gasteiger partial charge < -0.3 is 9.42 Å². The molecule has 1 saturated heterocycles. The third kappa shape index (κ3) is 3.29. The summed E-state index contributed by atoms with van der Waals surface area (Å²) in [6.07, 6.45) is -0.688. The van der Waals surface area contributed by atoms with Gasteiger partial charge in [0.2, 0.25) is 11.7 Å². The average molecular weight is 291 g/mol. The Morgan fingerprint density at radius 1 is 1.25 bits per heavy atom. The van der Waals surface area contributed by atoms with E-state index >= 15 is 0 Å². The van der Waals surface area contributed by atoms with Gasteiger partial charge in [0, 0.05) is 13.1 Å². The van der Waals surface area contributed by atoms with E-state index in [0.717, 1.165) is 45.7 Å². The molecular weight excluding hydrogens is 275 g/mol. The number of anilines is 1. The van der Waals surface area contributed by atoms with Gasteiger partial charge in [0.25, 0.3) is 5.95 Å². The molecule has 1 aliphatic rings. The highest BCUT2D eigenvalue weighted by Gasteiger charge is 2.44. The summed E-state index contributed by atoms with van der Waals surface area (Å²) < 4.78 is 41.9. The molecule has 0 spiro atoms. The summed E-state index contributed by atoms with van der Waals surface area (Å²) in [5, 5.41) is 3.69. The van der Waals surface area contributed by atoms with Gasteiger partial charge in [0.05, 0.1) is 0 Å². The standard InChI is InChI=1S/C12H16F3N3O2/c1-8(9(19)12(13,14)15)10-16-11(17-20-10)18-6-4-2-3-5-7-18/h8H,2-7H2,1H3. The Balaban J connectivity index is 2.10. The van der Waals surface area contributed by atoms with Crippen molar-refractivity contribution in [2.45, 2.75) is 44.7 Å². The largest absolute Gasteiger partial charge is 0.450 e. The fourth-order valence-electron chi connectivity index (χ4n) is 2.16. The lowest BCUT2D eigenvalue weighted by Crippen LogP contribution is -2.28. The summed E-state index contributed by atoms with van der Waals surface area (Å²) in [6, 6.07) is 0. The molecule has 0 aromatic carbocycles. The normalized spacial score (nSPS) is 18.7. The molecule has 2 heterocycles. The Hall–Kier alpha value is -1.60. The number of nitrogens with zero attached hydrogens (tertiary/aromatic N) is 3. The fraction of sp³-hybridized carbons (Fsp3) is 0.750. The zero-order valence-corrected chi connectivity index (χ0v) is 11.1. The first-order chi connectivity index (χ1) is 9.39. The van der Waals surface area contributed by atoms with Crippen LogP contribution in [-0.2, 0) is 4.79 Å². The van der Waals surface area contributed by atoms with Crippen molar-refractivity contribution in [3.63, 3.8) is 0 Å². The molecule has 20 heavy (non-hydrogen) atoms. The summed E-state index contributed by atoms with van der Waals surface area (Å²) in [5.74, 6) is -3.36. The lowest BCUT2D eigenvalue weighted by atomic mass is 10.1. The minimum Gasteiger partial charge on any atom is -0.338 e. The van der Waals surface area contributed by atoms with Gasteiger partial charge in [0.1, 0.15) is 5.92 Å². The average Bonchev–Trinajstić information content (AvgIpc) is 2.72. The molecule has 1 unspecified atom stereocenters. The van der Waals surface area contributed by atoms with Crippen molar-refractivity contribution in [1.29, 1.82) is 0 Å². The van der Waals surface area contributed by atoms with Crippen LogP contribution in [0.1, 0.15) is 44.4 Å². The van der Waals surface area contributed by atoms with Crippen LogP contribution >= 0.6 is 0 Å². The van der Waals surface area contributed by atoms with E-state index < -0.39 is 17.9 Å². The van der Waals surface area contributed by atoms with Crippen LogP contribution in [0.25, 0.3) is 0 Å². The van der Waals surface area contributed by atoms with E-state index in [2.05, 4.69) is 10.1 Å². The van der Waals surface area contributed by atoms with Gasteiger partial charge >= 0.3 is 6.18 Å². The molecule has 1 fully saturated rings. The number of alkyl halides is 3. The Labute approximate surface area is 114 Å². The van der Waals surface area contributed by atoms with Crippen LogP contribution in [0.5, 0.6) is 0 Å². The Bertz CT molecular complexity index is 465. The highest BCUT2D eigenvalue weighted by Crippen LogP contribution is 2.27. The molecule has 112 valence electrons. The van der Waals surface area contributed by atoms with E-state index in [1.54, 1.807) is 0 Å². The smallest absolute Gasteiger partial charge is 0.338 e. The Morgan fingerprint density at radius 2 is 1.85 bits per heavy atom. The van der Waals surface area contributed by atoms with Crippen molar-refractivity contribution in [1.82, 2.24) is 10.1 Å². The molecule has 0 amide bonds. The molecule has 1 aliphatic heterocycles. The van der Waals surface area contributed by atoms with Gasteiger partial charge in [0.15, 0.2) is 0 Å². The van der Waals surface area contributed by atoms with Gasteiger partial charge in [-0.25, -0.2) is 0 Å². The van der Waals surface area contributed by atoms with Crippen molar-refractivity contribution >= 4 is 11.7 Å². The monoisotopic (exact) mass is 291 g/mol. The van der Waals surface area contributed by atoms with Crippen molar-refractivity contribution in [2.75, 3.05) is 18.0 Å². The Kier molecular flexibility index (Phi) is 4.29. The number of carbonyl (C=O) groups is 1. The fourth-order valence-corrected chi connectivity index (χ4v) is 2.16. The van der Waals surface area contributed by atoms with Gasteiger partial charge in [-0.3, -0.25) is 4.79 Å². The van der Waals surface area contributed by atoms with Gasteiger partial charge in [-0.2, -0.15) is 18.2 Å². The molecule has 0 aliphatic carbocycles. The maximum atomic E-state index is 12.4. The number of ketones is 1. The third-order valence-corrected chi connectivity index (χ3v) is 3.36. The predicted octanol–water partition coefficient (Wildman–Crippen LogP) is 2.68. The van der Waals surface area contributed by atoms with Gasteiger partial charge in [-0.1, -0.05) is 12.8 Å². The zero-order chi connectivity index (χ0) is 14.8. The van der Waals surface area contributed by atoms with E-state index in [4.69, 9.17) is 4.52 Å². The molecule has 5 nitrogen and oxygen atoms in total. The molecule has 1 aromatic heterocycles. The molecule has 0 radical (unpaired) electrons. The number of carbonyl (C=O) groups excluding carboxylic acids is 1. The summed E-state index contributed by atoms with van der Waals surface area (Å²) in [4.78, 5) is 17.0. The lowest BCUT2D eigenvalue weighted by Gasteiger charge is -2.16. The van der Waals surface area contributed by atoms with E-state index in [-0.39, 0.29) is 11.8 Å². The maximum Gasteiger partial charge on any atom is 0.450 e. The number of aromatic nitrogens is 2. The molecule has 0 N–H and O–H groups in total. The predicted molar refractivity (Wildman–Crippen MR) is 64.5 cm³/mol. The quantitative estimate of drug-likeness (QED) is 0.857. The Morgan fingerprint density at radius 3 is 2.40 bits per heavy atom. The molecule has 1 atom stereocenters. The van der Waals surface area contributed by atoms with Crippen molar-refractivity contribution in [3.8, 4) is 0 Å². The second kappa shape index (κ2) is 5.80. The first-order valence-corrected chi connectivity index (χ1v) is 6.59. The number of halogens is 3. The summed E-state index contributed by atoms with van der Waals surface area (Å²) >= 11 is 0. The number of hydrogen-bond acceptors (Lipinski definition) is 5. The van der Waals surface area contributed by atoms with Gasteiger partial charge in [-0.15, -0.1) is 0 Å².